The lowest BCUT2D eigenvalue weighted by Crippen LogP contribution is -2.38. The van der Waals surface area contributed by atoms with Gasteiger partial charge >= 0.3 is 6.18 Å². The number of nitrogens with one attached hydrogen (secondary N) is 2. The van der Waals surface area contributed by atoms with Gasteiger partial charge in [-0.2, -0.15) is 13.2 Å². The Bertz CT molecular complexity index is 1660. The van der Waals surface area contributed by atoms with E-state index in [-0.39, 0.29) is 21.8 Å². The van der Waals surface area contributed by atoms with Gasteiger partial charge in [-0.1, -0.05) is 66.2 Å². The van der Waals surface area contributed by atoms with E-state index in [1.807, 2.05) is 30.3 Å². The molecule has 0 aliphatic rings. The maximum atomic E-state index is 13.6. The Morgan fingerprint density at radius 3 is 2.19 bits per heavy atom. The van der Waals surface area contributed by atoms with Gasteiger partial charge in [-0.05, 0) is 61.4 Å². The molecule has 7 nitrogen and oxygen atoms in total. The van der Waals surface area contributed by atoms with Crippen LogP contribution in [0.4, 0.5) is 24.5 Å². The average Bonchev–Trinajstić information content (AvgIpc) is 2.96. The first-order chi connectivity index (χ1) is 19.9. The van der Waals surface area contributed by atoms with Crippen molar-refractivity contribution in [2.24, 2.45) is 0 Å². The summed E-state index contributed by atoms with van der Waals surface area (Å²) in [6.07, 6.45) is -4.14. The molecule has 0 aliphatic carbocycles. The van der Waals surface area contributed by atoms with Crippen molar-refractivity contribution < 1.29 is 31.2 Å². The van der Waals surface area contributed by atoms with Gasteiger partial charge < -0.3 is 10.6 Å². The maximum Gasteiger partial charge on any atom is 0.416 e. The number of aryl methyl sites for hydroxylation is 1. The van der Waals surface area contributed by atoms with Crippen molar-refractivity contribution in [3.63, 3.8) is 0 Å². The monoisotopic (exact) mass is 595 g/mol. The second-order valence-electron chi connectivity index (χ2n) is 9.46. The third-order valence-electron chi connectivity index (χ3n) is 6.35. The van der Waals surface area contributed by atoms with Gasteiger partial charge in [0, 0.05) is 6.54 Å². The summed E-state index contributed by atoms with van der Waals surface area (Å²) in [5, 5.41) is 5.34. The molecule has 2 N–H and O–H groups in total. The molecule has 0 saturated carbocycles. The van der Waals surface area contributed by atoms with Gasteiger partial charge in [0.05, 0.1) is 27.4 Å². The van der Waals surface area contributed by atoms with Crippen LogP contribution in [0.25, 0.3) is 0 Å². The van der Waals surface area contributed by atoms with Gasteiger partial charge in [0.1, 0.15) is 6.54 Å². The Kier molecular flexibility index (Phi) is 9.31. The van der Waals surface area contributed by atoms with Crippen molar-refractivity contribution in [2.45, 2.75) is 24.4 Å². The largest absolute Gasteiger partial charge is 0.416 e. The molecule has 0 saturated heterocycles. The number of hydrogen-bond acceptors (Lipinski definition) is 4. The summed E-state index contributed by atoms with van der Waals surface area (Å²) in [5.74, 6) is -1.31. The molecule has 0 radical (unpaired) electrons. The van der Waals surface area contributed by atoms with E-state index in [1.165, 1.54) is 30.3 Å². The highest BCUT2D eigenvalue weighted by molar-refractivity contribution is 7.92. The predicted octanol–water partition coefficient (Wildman–Crippen LogP) is 5.82. The first kappa shape index (κ1) is 30.3. The van der Waals surface area contributed by atoms with Crippen molar-refractivity contribution >= 4 is 33.2 Å². The quantitative estimate of drug-likeness (QED) is 0.242. The molecule has 4 rings (SSSR count). The van der Waals surface area contributed by atoms with Gasteiger partial charge in [-0.3, -0.25) is 13.9 Å². The Morgan fingerprint density at radius 1 is 0.833 bits per heavy atom. The minimum absolute atomic E-state index is 0.122. The minimum atomic E-state index is -4.73. The van der Waals surface area contributed by atoms with Crippen LogP contribution in [0.2, 0.25) is 0 Å². The van der Waals surface area contributed by atoms with Gasteiger partial charge in [-0.25, -0.2) is 8.42 Å². The van der Waals surface area contributed by atoms with Crippen LogP contribution in [-0.2, 0) is 27.4 Å². The molecule has 0 bridgehead atoms. The van der Waals surface area contributed by atoms with E-state index in [0.717, 1.165) is 23.3 Å². The number of halogens is 3. The molecule has 0 fully saturated rings. The topological polar surface area (TPSA) is 95.6 Å². The number of benzene rings is 4. The lowest BCUT2D eigenvalue weighted by molar-refractivity contribution is -0.137. The fourth-order valence-electron chi connectivity index (χ4n) is 4.16. The van der Waals surface area contributed by atoms with E-state index < -0.39 is 40.1 Å². The van der Waals surface area contributed by atoms with Crippen LogP contribution < -0.4 is 14.9 Å². The van der Waals surface area contributed by atoms with E-state index in [9.17, 15) is 31.2 Å². The predicted molar refractivity (Wildman–Crippen MR) is 155 cm³/mol. The van der Waals surface area contributed by atoms with Crippen molar-refractivity contribution in [1.82, 2.24) is 5.32 Å². The third kappa shape index (κ3) is 7.55. The van der Waals surface area contributed by atoms with Crippen molar-refractivity contribution in [2.75, 3.05) is 22.7 Å². The van der Waals surface area contributed by atoms with Gasteiger partial charge in [0.25, 0.3) is 15.9 Å². The number of anilines is 2. The molecule has 4 aromatic rings. The molecule has 0 aromatic heterocycles. The lowest BCUT2D eigenvalue weighted by atomic mass is 10.1. The number of carbonyl (C=O) groups excluding carboxylic acids is 2. The highest BCUT2D eigenvalue weighted by Crippen LogP contribution is 2.33. The van der Waals surface area contributed by atoms with Crippen LogP contribution in [0, 0.1) is 6.92 Å². The third-order valence-corrected chi connectivity index (χ3v) is 8.13. The van der Waals surface area contributed by atoms with Crippen LogP contribution in [-0.4, -0.2) is 33.3 Å². The standard InChI is InChI=1S/C31H28F3N3O4S/c1-22-14-16-26(17-15-22)42(40,41)37(25-11-7-10-24(20-25)31(32,33)34)21-29(38)36-28-13-6-5-12-27(28)30(39)35-19-18-23-8-3-2-4-9-23/h2-17,20H,18-19,21H2,1H3,(H,35,39)(H,36,38). The molecule has 0 atom stereocenters. The number of alkyl halides is 3. The van der Waals surface area contributed by atoms with Crippen LogP contribution >= 0.6 is 0 Å². The smallest absolute Gasteiger partial charge is 0.352 e. The molecule has 11 heteroatoms. The number of amides is 2. The summed E-state index contributed by atoms with van der Waals surface area (Å²) < 4.78 is 68.2. The fraction of sp³-hybridized carbons (Fsp3) is 0.161. The maximum absolute atomic E-state index is 13.6. The normalized spacial score (nSPS) is 11.5. The van der Waals surface area contributed by atoms with Crippen LogP contribution in [0.3, 0.4) is 0 Å². The Balaban J connectivity index is 1.57. The van der Waals surface area contributed by atoms with E-state index in [2.05, 4.69) is 10.6 Å². The molecule has 42 heavy (non-hydrogen) atoms. The zero-order valence-electron chi connectivity index (χ0n) is 22.6. The van der Waals surface area contributed by atoms with Gasteiger partial charge in [-0.15, -0.1) is 0 Å². The first-order valence-electron chi connectivity index (χ1n) is 12.9. The molecule has 0 spiro atoms. The van der Waals surface area contributed by atoms with Crippen LogP contribution in [0.1, 0.15) is 27.0 Å². The summed E-state index contributed by atoms with van der Waals surface area (Å²) in [7, 11) is -4.46. The van der Waals surface area contributed by atoms with Gasteiger partial charge in [0.15, 0.2) is 0 Å². The van der Waals surface area contributed by atoms with E-state index >= 15 is 0 Å². The summed E-state index contributed by atoms with van der Waals surface area (Å²) >= 11 is 0. The summed E-state index contributed by atoms with van der Waals surface area (Å²) in [4.78, 5) is 25.9. The molecule has 0 aliphatic heterocycles. The SMILES string of the molecule is Cc1ccc(S(=O)(=O)N(CC(=O)Nc2ccccc2C(=O)NCCc2ccccc2)c2cccc(C(F)(F)F)c2)cc1. The molecule has 4 aromatic carbocycles. The zero-order valence-corrected chi connectivity index (χ0v) is 23.4. The molecule has 0 unspecified atom stereocenters. The van der Waals surface area contributed by atoms with Gasteiger partial charge in [0.2, 0.25) is 5.91 Å². The van der Waals surface area contributed by atoms with E-state index in [1.54, 1.807) is 31.2 Å². The highest BCUT2D eigenvalue weighted by atomic mass is 32.2. The molecular formula is C31H28F3N3O4S. The van der Waals surface area contributed by atoms with E-state index in [4.69, 9.17) is 0 Å². The Hall–Kier alpha value is -4.64. The Labute approximate surface area is 242 Å². The van der Waals surface area contributed by atoms with Crippen LogP contribution in [0.5, 0.6) is 0 Å². The fourth-order valence-corrected chi connectivity index (χ4v) is 5.57. The van der Waals surface area contributed by atoms with Crippen molar-refractivity contribution in [3.8, 4) is 0 Å². The number of hydrogen-bond donors (Lipinski definition) is 2. The summed E-state index contributed by atoms with van der Waals surface area (Å²) in [6, 6.07) is 25.2. The number of sulfonamides is 1. The average molecular weight is 596 g/mol. The molecule has 2 amide bonds. The molecule has 0 heterocycles. The number of rotatable bonds is 10. The highest BCUT2D eigenvalue weighted by Gasteiger charge is 2.33. The minimum Gasteiger partial charge on any atom is -0.352 e. The van der Waals surface area contributed by atoms with Crippen molar-refractivity contribution in [1.29, 1.82) is 0 Å². The number of nitrogens with zero attached hydrogens (tertiary/aromatic N) is 1. The Morgan fingerprint density at radius 2 is 1.50 bits per heavy atom. The first-order valence-corrected chi connectivity index (χ1v) is 14.4. The summed E-state index contributed by atoms with van der Waals surface area (Å²) in [5.41, 5.74) is 0.664. The van der Waals surface area contributed by atoms with E-state index in [0.29, 0.717) is 23.3 Å². The number of para-hydroxylation sites is 1. The molecule has 218 valence electrons. The summed E-state index contributed by atoms with van der Waals surface area (Å²) in [6.45, 7) is 1.24. The zero-order chi connectivity index (χ0) is 30.3. The van der Waals surface area contributed by atoms with Crippen LogP contribution in [0.15, 0.2) is 108 Å². The van der Waals surface area contributed by atoms with Crippen molar-refractivity contribution in [3.05, 3.63) is 125 Å². The lowest BCUT2D eigenvalue weighted by Gasteiger charge is -2.25. The molecular weight excluding hydrogens is 567 g/mol. The number of carbonyl (C=O) groups is 2. The second-order valence-corrected chi connectivity index (χ2v) is 11.3. The second kappa shape index (κ2) is 12.9.